The van der Waals surface area contributed by atoms with Crippen LogP contribution in [0.4, 0.5) is 5.82 Å². The summed E-state index contributed by atoms with van der Waals surface area (Å²) >= 11 is 6.41. The van der Waals surface area contributed by atoms with Gasteiger partial charge in [-0.15, -0.1) is 0 Å². The smallest absolute Gasteiger partial charge is 0.147 e. The fraction of sp³-hybridized carbons (Fsp3) is 0.688. The molecule has 1 aliphatic rings. The van der Waals surface area contributed by atoms with Gasteiger partial charge in [-0.3, -0.25) is 0 Å². The lowest BCUT2D eigenvalue weighted by atomic mass is 10.0. The monoisotopic (exact) mass is 295 g/mol. The number of anilines is 1. The number of hydrogen-bond donors (Lipinski definition) is 1. The highest BCUT2D eigenvalue weighted by Gasteiger charge is 2.28. The predicted molar refractivity (Wildman–Crippen MR) is 86.3 cm³/mol. The van der Waals surface area contributed by atoms with E-state index in [9.17, 15) is 0 Å². The maximum atomic E-state index is 6.41. The van der Waals surface area contributed by atoms with Crippen molar-refractivity contribution in [1.29, 1.82) is 0 Å². The van der Waals surface area contributed by atoms with Gasteiger partial charge >= 0.3 is 0 Å². The van der Waals surface area contributed by atoms with Crippen molar-refractivity contribution in [1.82, 2.24) is 10.3 Å². The van der Waals surface area contributed by atoms with Crippen LogP contribution in [-0.4, -0.2) is 24.6 Å². The molecule has 1 aromatic rings. The molecule has 0 bridgehead atoms. The van der Waals surface area contributed by atoms with Gasteiger partial charge in [0.05, 0.1) is 5.02 Å². The van der Waals surface area contributed by atoms with Gasteiger partial charge < -0.3 is 10.2 Å². The number of rotatable bonds is 5. The Labute approximate surface area is 127 Å². The van der Waals surface area contributed by atoms with Gasteiger partial charge in [-0.05, 0) is 35.9 Å². The molecular weight excluding hydrogens is 270 g/mol. The van der Waals surface area contributed by atoms with Gasteiger partial charge in [0.15, 0.2) is 0 Å². The number of pyridine rings is 1. The normalized spacial score (nSPS) is 22.8. The lowest BCUT2D eigenvalue weighted by Gasteiger charge is -2.19. The Balaban J connectivity index is 1.99. The first-order valence-electron chi connectivity index (χ1n) is 7.57. The molecule has 1 aromatic heterocycles. The minimum Gasteiger partial charge on any atom is -0.355 e. The van der Waals surface area contributed by atoms with Gasteiger partial charge in [-0.2, -0.15) is 0 Å². The summed E-state index contributed by atoms with van der Waals surface area (Å²) < 4.78 is 0. The summed E-state index contributed by atoms with van der Waals surface area (Å²) in [5, 5.41) is 4.19. The van der Waals surface area contributed by atoms with Gasteiger partial charge in [-0.25, -0.2) is 4.98 Å². The molecule has 2 unspecified atom stereocenters. The molecule has 1 aliphatic heterocycles. The van der Waals surface area contributed by atoms with Crippen LogP contribution >= 0.6 is 11.6 Å². The zero-order valence-electron chi connectivity index (χ0n) is 13.0. The van der Waals surface area contributed by atoms with Crippen molar-refractivity contribution < 1.29 is 0 Å². The van der Waals surface area contributed by atoms with Gasteiger partial charge in [0.25, 0.3) is 0 Å². The molecule has 1 saturated heterocycles. The van der Waals surface area contributed by atoms with E-state index in [1.807, 2.05) is 12.3 Å². The van der Waals surface area contributed by atoms with E-state index < -0.39 is 0 Å². The molecule has 0 radical (unpaired) electrons. The Morgan fingerprint density at radius 1 is 1.35 bits per heavy atom. The van der Waals surface area contributed by atoms with Crippen molar-refractivity contribution in [3.8, 4) is 0 Å². The molecule has 20 heavy (non-hydrogen) atoms. The average molecular weight is 296 g/mol. The fourth-order valence-electron chi connectivity index (χ4n) is 2.61. The molecule has 4 heteroatoms. The van der Waals surface area contributed by atoms with Crippen molar-refractivity contribution in [3.05, 3.63) is 22.8 Å². The molecule has 1 N–H and O–H groups in total. The molecule has 1 fully saturated rings. The van der Waals surface area contributed by atoms with Crippen LogP contribution in [0.15, 0.2) is 12.3 Å². The SMILES string of the molecule is CC(C)CNCc1cnc(N2CC(C)C(C)C2)c(Cl)c1. The summed E-state index contributed by atoms with van der Waals surface area (Å²) in [6.45, 7) is 13.0. The Kier molecular flexibility index (Phi) is 5.28. The number of nitrogens with one attached hydrogen (secondary N) is 1. The Bertz CT molecular complexity index is 437. The molecule has 3 nitrogen and oxygen atoms in total. The molecule has 2 rings (SSSR count). The van der Waals surface area contributed by atoms with Crippen LogP contribution < -0.4 is 10.2 Å². The molecule has 0 aliphatic carbocycles. The third-order valence-corrected chi connectivity index (χ3v) is 4.33. The second kappa shape index (κ2) is 6.77. The van der Waals surface area contributed by atoms with E-state index in [1.54, 1.807) is 0 Å². The van der Waals surface area contributed by atoms with E-state index in [1.165, 1.54) is 0 Å². The van der Waals surface area contributed by atoms with Gasteiger partial charge in [-0.1, -0.05) is 39.3 Å². The molecule has 0 aromatic carbocycles. The van der Waals surface area contributed by atoms with E-state index in [0.29, 0.717) is 17.8 Å². The van der Waals surface area contributed by atoms with Crippen LogP contribution in [0.2, 0.25) is 5.02 Å². The number of aromatic nitrogens is 1. The van der Waals surface area contributed by atoms with Gasteiger partial charge in [0.1, 0.15) is 5.82 Å². The highest BCUT2D eigenvalue weighted by molar-refractivity contribution is 6.33. The van der Waals surface area contributed by atoms with Crippen molar-refractivity contribution in [3.63, 3.8) is 0 Å². The van der Waals surface area contributed by atoms with Crippen LogP contribution in [0.5, 0.6) is 0 Å². The zero-order valence-corrected chi connectivity index (χ0v) is 13.7. The quantitative estimate of drug-likeness (QED) is 0.900. The maximum absolute atomic E-state index is 6.41. The first-order chi connectivity index (χ1) is 9.47. The number of halogens is 1. The molecule has 0 amide bonds. The number of nitrogens with zero attached hydrogens (tertiary/aromatic N) is 2. The van der Waals surface area contributed by atoms with Gasteiger partial charge in [0, 0.05) is 25.8 Å². The summed E-state index contributed by atoms with van der Waals surface area (Å²) in [5.41, 5.74) is 1.15. The second-order valence-electron chi connectivity index (χ2n) is 6.53. The molecule has 2 heterocycles. The van der Waals surface area contributed by atoms with Gasteiger partial charge in [0.2, 0.25) is 0 Å². The fourth-order valence-corrected chi connectivity index (χ4v) is 2.92. The van der Waals surface area contributed by atoms with E-state index in [4.69, 9.17) is 11.6 Å². The minimum atomic E-state index is 0.658. The van der Waals surface area contributed by atoms with Crippen molar-refractivity contribution >= 4 is 17.4 Å². The van der Waals surface area contributed by atoms with E-state index in [0.717, 1.165) is 42.6 Å². The Morgan fingerprint density at radius 2 is 2.00 bits per heavy atom. The standard InChI is InChI=1S/C16H26ClN3/c1-11(2)6-18-7-14-5-15(17)16(19-8-14)20-9-12(3)13(4)10-20/h5,8,11-13,18H,6-7,9-10H2,1-4H3. The van der Waals surface area contributed by atoms with Crippen molar-refractivity contribution in [2.75, 3.05) is 24.5 Å². The van der Waals surface area contributed by atoms with Crippen molar-refractivity contribution in [2.45, 2.75) is 34.2 Å². The highest BCUT2D eigenvalue weighted by Crippen LogP contribution is 2.31. The largest absolute Gasteiger partial charge is 0.355 e. The highest BCUT2D eigenvalue weighted by atomic mass is 35.5. The van der Waals surface area contributed by atoms with Crippen LogP contribution in [0.25, 0.3) is 0 Å². The van der Waals surface area contributed by atoms with Crippen LogP contribution in [-0.2, 0) is 6.54 Å². The first kappa shape index (κ1) is 15.6. The second-order valence-corrected chi connectivity index (χ2v) is 6.94. The maximum Gasteiger partial charge on any atom is 0.147 e. The Morgan fingerprint density at radius 3 is 2.55 bits per heavy atom. The minimum absolute atomic E-state index is 0.658. The average Bonchev–Trinajstić information content (AvgIpc) is 2.69. The van der Waals surface area contributed by atoms with E-state index >= 15 is 0 Å². The first-order valence-corrected chi connectivity index (χ1v) is 7.95. The summed E-state index contributed by atoms with van der Waals surface area (Å²) in [4.78, 5) is 6.89. The molecule has 0 saturated carbocycles. The lowest BCUT2D eigenvalue weighted by molar-refractivity contribution is 0.494. The van der Waals surface area contributed by atoms with Crippen LogP contribution in [0.1, 0.15) is 33.3 Å². The summed E-state index contributed by atoms with van der Waals surface area (Å²) in [5.74, 6) is 3.02. The van der Waals surface area contributed by atoms with E-state index in [2.05, 4.69) is 42.9 Å². The third kappa shape index (κ3) is 3.86. The Hall–Kier alpha value is -0.800. The number of hydrogen-bond acceptors (Lipinski definition) is 3. The topological polar surface area (TPSA) is 28.2 Å². The summed E-state index contributed by atoms with van der Waals surface area (Å²) in [6, 6.07) is 2.05. The predicted octanol–water partition coefficient (Wildman–Crippen LogP) is 3.57. The lowest BCUT2D eigenvalue weighted by Crippen LogP contribution is -2.22. The van der Waals surface area contributed by atoms with E-state index in [-0.39, 0.29) is 0 Å². The third-order valence-electron chi connectivity index (χ3n) is 4.05. The molecule has 2 atom stereocenters. The van der Waals surface area contributed by atoms with Crippen LogP contribution in [0, 0.1) is 17.8 Å². The summed E-state index contributed by atoms with van der Waals surface area (Å²) in [7, 11) is 0. The van der Waals surface area contributed by atoms with Crippen LogP contribution in [0.3, 0.4) is 0 Å². The van der Waals surface area contributed by atoms with Crippen molar-refractivity contribution in [2.24, 2.45) is 17.8 Å². The summed E-state index contributed by atoms with van der Waals surface area (Å²) in [6.07, 6.45) is 1.95. The zero-order chi connectivity index (χ0) is 14.7. The molecule has 112 valence electrons. The molecular formula is C16H26ClN3. The molecule has 0 spiro atoms.